The second kappa shape index (κ2) is 27.1. The minimum Gasteiger partial charge on any atom is -0.264 e. The predicted molar refractivity (Wildman–Crippen MR) is 325 cm³/mol. The summed E-state index contributed by atoms with van der Waals surface area (Å²) in [4.78, 5) is 29.2. The summed E-state index contributed by atoms with van der Waals surface area (Å²) in [5, 5.41) is 13.6. The SMILES string of the molecule is Cc1ccc2cccnc2c1.Cc1ccc2ccncc2c1.Cc1ccc2cnccc2c1.Cc1ccc2ncccc2c1.Cc1cnc2ccccc2c1.Cc1cncc2ccccc12.Cc1nccc2ccccc12. The van der Waals surface area contributed by atoms with Crippen LogP contribution in [-0.4, -0.2) is 34.9 Å². The standard InChI is InChI=1S/7C10H9N/c1-8-2-3-10-7-11-5-4-9(10)6-8;1-8-2-3-9-4-5-11-7-10(9)6-8;1-8-4-5-10-9(7-8)3-2-6-11-10;1-8-4-5-9-3-2-6-11-10(9)7-8;1-8-6-11-7-9-4-2-3-5-10(8)9;1-8-6-9-4-2-3-5-10(9)11-7-8;1-8-10-5-3-2-4-9(10)6-7-11-8/h7*2-7H,1H3. The molecule has 0 bridgehead atoms. The normalized spacial score (nSPS) is 10.3. The third kappa shape index (κ3) is 15.7. The van der Waals surface area contributed by atoms with Crippen LogP contribution in [0.1, 0.15) is 39.1 Å². The van der Waals surface area contributed by atoms with Crippen molar-refractivity contribution >= 4 is 75.8 Å². The number of para-hydroxylation sites is 1. The van der Waals surface area contributed by atoms with Crippen molar-refractivity contribution in [2.75, 3.05) is 0 Å². The molecule has 77 heavy (non-hydrogen) atoms. The van der Waals surface area contributed by atoms with Gasteiger partial charge in [-0.15, -0.1) is 0 Å². The van der Waals surface area contributed by atoms with Gasteiger partial charge < -0.3 is 0 Å². The van der Waals surface area contributed by atoms with Gasteiger partial charge in [-0.1, -0.05) is 144 Å². The number of nitrogens with zero attached hydrogens (tertiary/aromatic N) is 7. The first-order valence-electron chi connectivity index (χ1n) is 25.7. The van der Waals surface area contributed by atoms with Crippen LogP contribution in [0.15, 0.2) is 256 Å². The number of fused-ring (bicyclic) bond motifs is 7. The van der Waals surface area contributed by atoms with E-state index in [2.05, 4.69) is 198 Å². The Balaban J connectivity index is 0.000000119. The average Bonchev–Trinajstić information content (AvgIpc) is 3.46. The topological polar surface area (TPSA) is 90.2 Å². The van der Waals surface area contributed by atoms with E-state index in [1.54, 1.807) is 0 Å². The Bertz CT molecular complexity index is 3620. The van der Waals surface area contributed by atoms with Gasteiger partial charge in [0.05, 0.1) is 16.6 Å². The molecule has 14 aromatic rings. The number of hydrogen-bond acceptors (Lipinski definition) is 7. The highest BCUT2D eigenvalue weighted by Crippen LogP contribution is 2.18. The zero-order chi connectivity index (χ0) is 53.8. The molecule has 0 aliphatic carbocycles. The monoisotopic (exact) mass is 1000 g/mol. The second-order valence-electron chi connectivity index (χ2n) is 18.9. The Morgan fingerprint density at radius 2 is 0.727 bits per heavy atom. The summed E-state index contributed by atoms with van der Waals surface area (Å²) in [5.41, 5.74) is 11.9. The molecule has 0 saturated carbocycles. The van der Waals surface area contributed by atoms with E-state index >= 15 is 0 Å². The number of rotatable bonds is 0. The molecular formula is C70H63N7. The molecular weight excluding hydrogens is 939 g/mol. The summed E-state index contributed by atoms with van der Waals surface area (Å²) in [6, 6.07) is 66.3. The van der Waals surface area contributed by atoms with Crippen LogP contribution in [0.5, 0.6) is 0 Å². The smallest absolute Gasteiger partial charge is 0.0704 e. The van der Waals surface area contributed by atoms with Crippen molar-refractivity contribution in [3.8, 4) is 0 Å². The lowest BCUT2D eigenvalue weighted by atomic mass is 10.1. The van der Waals surface area contributed by atoms with Crippen molar-refractivity contribution in [1.82, 2.24) is 34.9 Å². The van der Waals surface area contributed by atoms with Gasteiger partial charge in [0.25, 0.3) is 0 Å². The molecule has 0 N–H and O–H groups in total. The highest BCUT2D eigenvalue weighted by molar-refractivity contribution is 5.86. The maximum atomic E-state index is 4.28. The lowest BCUT2D eigenvalue weighted by molar-refractivity contribution is 1.24. The molecule has 0 spiro atoms. The zero-order valence-corrected chi connectivity index (χ0v) is 44.9. The summed E-state index contributed by atoms with van der Waals surface area (Å²) < 4.78 is 0. The van der Waals surface area contributed by atoms with Gasteiger partial charge in [0.1, 0.15) is 0 Å². The third-order valence-corrected chi connectivity index (χ3v) is 12.6. The van der Waals surface area contributed by atoms with Crippen LogP contribution in [0.25, 0.3) is 75.8 Å². The first-order valence-corrected chi connectivity index (χ1v) is 25.7. The quantitative estimate of drug-likeness (QED) is 0.149. The maximum Gasteiger partial charge on any atom is 0.0704 e. The molecule has 0 saturated heterocycles. The molecule has 14 rings (SSSR count). The van der Waals surface area contributed by atoms with Crippen molar-refractivity contribution in [3.05, 3.63) is 295 Å². The summed E-state index contributed by atoms with van der Waals surface area (Å²) in [7, 11) is 0. The number of aryl methyl sites for hydroxylation is 7. The molecule has 0 radical (unpaired) electrons. The Labute approximate surface area is 452 Å². The molecule has 0 aliphatic heterocycles. The molecule has 7 aromatic carbocycles. The zero-order valence-electron chi connectivity index (χ0n) is 44.9. The summed E-state index contributed by atoms with van der Waals surface area (Å²) >= 11 is 0. The molecule has 0 amide bonds. The number of benzene rings is 7. The number of hydrogen-bond donors (Lipinski definition) is 0. The summed E-state index contributed by atoms with van der Waals surface area (Å²) in [5.74, 6) is 0. The Kier molecular flexibility index (Phi) is 18.9. The minimum atomic E-state index is 1.07. The number of pyridine rings is 7. The van der Waals surface area contributed by atoms with Gasteiger partial charge in [0.15, 0.2) is 0 Å². The first kappa shape index (κ1) is 53.7. The average molecular weight is 1000 g/mol. The molecule has 378 valence electrons. The third-order valence-electron chi connectivity index (χ3n) is 12.6. The van der Waals surface area contributed by atoms with E-state index in [0.29, 0.717) is 0 Å². The van der Waals surface area contributed by atoms with E-state index in [0.717, 1.165) is 22.2 Å². The van der Waals surface area contributed by atoms with Crippen LogP contribution < -0.4 is 0 Å². The minimum absolute atomic E-state index is 1.07. The van der Waals surface area contributed by atoms with Crippen LogP contribution in [-0.2, 0) is 0 Å². The van der Waals surface area contributed by atoms with Crippen LogP contribution in [0.3, 0.4) is 0 Å². The molecule has 0 unspecified atom stereocenters. The molecule has 7 heterocycles. The van der Waals surface area contributed by atoms with Gasteiger partial charge in [0.2, 0.25) is 0 Å². The Morgan fingerprint density at radius 1 is 0.234 bits per heavy atom. The fourth-order valence-corrected chi connectivity index (χ4v) is 8.50. The fraction of sp³-hybridized carbons (Fsp3) is 0.100. The second-order valence-corrected chi connectivity index (χ2v) is 18.9. The lowest BCUT2D eigenvalue weighted by Crippen LogP contribution is -1.80. The molecule has 7 nitrogen and oxygen atoms in total. The van der Waals surface area contributed by atoms with Crippen LogP contribution in [0.4, 0.5) is 0 Å². The van der Waals surface area contributed by atoms with Crippen molar-refractivity contribution in [1.29, 1.82) is 0 Å². The molecule has 0 atom stereocenters. The van der Waals surface area contributed by atoms with Gasteiger partial charge >= 0.3 is 0 Å². The van der Waals surface area contributed by atoms with E-state index in [4.69, 9.17) is 0 Å². The van der Waals surface area contributed by atoms with E-state index in [1.165, 1.54) is 92.6 Å². The molecule has 7 aromatic heterocycles. The van der Waals surface area contributed by atoms with Crippen molar-refractivity contribution in [2.45, 2.75) is 48.5 Å². The summed E-state index contributed by atoms with van der Waals surface area (Å²) in [6.07, 6.45) is 18.6. The first-order chi connectivity index (χ1) is 37.6. The van der Waals surface area contributed by atoms with Gasteiger partial charge in [0, 0.05) is 105 Å². The lowest BCUT2D eigenvalue weighted by Gasteiger charge is -1.98. The van der Waals surface area contributed by atoms with E-state index in [9.17, 15) is 0 Å². The van der Waals surface area contributed by atoms with Gasteiger partial charge in [-0.05, 0) is 153 Å². The van der Waals surface area contributed by atoms with E-state index in [-0.39, 0.29) is 0 Å². The van der Waals surface area contributed by atoms with Crippen LogP contribution >= 0.6 is 0 Å². The highest BCUT2D eigenvalue weighted by Gasteiger charge is 1.97. The van der Waals surface area contributed by atoms with Crippen molar-refractivity contribution < 1.29 is 0 Å². The van der Waals surface area contributed by atoms with Gasteiger partial charge in [-0.25, -0.2) is 0 Å². The van der Waals surface area contributed by atoms with Crippen molar-refractivity contribution in [2.24, 2.45) is 0 Å². The van der Waals surface area contributed by atoms with Crippen LogP contribution in [0.2, 0.25) is 0 Å². The molecule has 0 fully saturated rings. The molecule has 7 heteroatoms. The van der Waals surface area contributed by atoms with Gasteiger partial charge in [-0.3, -0.25) is 34.9 Å². The Hall–Kier alpha value is -9.59. The molecule has 0 aliphatic rings. The highest BCUT2D eigenvalue weighted by atomic mass is 14.7. The predicted octanol–water partition coefficient (Wildman–Crippen LogP) is 17.8. The van der Waals surface area contributed by atoms with E-state index in [1.807, 2.05) is 142 Å². The Morgan fingerprint density at radius 3 is 1.45 bits per heavy atom. The maximum absolute atomic E-state index is 4.28. The fourth-order valence-electron chi connectivity index (χ4n) is 8.50. The number of aromatic nitrogens is 7. The van der Waals surface area contributed by atoms with Gasteiger partial charge in [-0.2, -0.15) is 0 Å². The van der Waals surface area contributed by atoms with Crippen LogP contribution in [0, 0.1) is 48.5 Å². The van der Waals surface area contributed by atoms with E-state index < -0.39 is 0 Å². The summed E-state index contributed by atoms with van der Waals surface area (Å²) in [6.45, 7) is 14.5. The van der Waals surface area contributed by atoms with Crippen molar-refractivity contribution in [3.63, 3.8) is 0 Å². The largest absolute Gasteiger partial charge is 0.264 e.